The molecule has 0 atom stereocenters. The molecule has 0 spiro atoms. The number of nitrogens with one attached hydrogen (secondary N) is 1. The van der Waals surface area contributed by atoms with E-state index in [0.29, 0.717) is 22.5 Å². The minimum Gasteiger partial charge on any atom is -0.496 e. The second-order valence-electron chi connectivity index (χ2n) is 8.07. The molecule has 2 aromatic rings. The van der Waals surface area contributed by atoms with E-state index in [1.807, 2.05) is 20.8 Å². The van der Waals surface area contributed by atoms with Gasteiger partial charge >= 0.3 is 6.18 Å². The molecule has 0 saturated heterocycles. The van der Waals surface area contributed by atoms with Gasteiger partial charge in [-0.3, -0.25) is 10.1 Å². The van der Waals surface area contributed by atoms with Gasteiger partial charge in [-0.15, -0.1) is 0 Å². The number of carbonyl (C=O) groups is 1. The van der Waals surface area contributed by atoms with Crippen molar-refractivity contribution >= 4 is 28.6 Å². The molecule has 0 radical (unpaired) electrons. The maximum absolute atomic E-state index is 13.2. The van der Waals surface area contributed by atoms with Crippen LogP contribution in [0.5, 0.6) is 5.75 Å². The van der Waals surface area contributed by atoms with Crippen LogP contribution in [0.3, 0.4) is 0 Å². The van der Waals surface area contributed by atoms with E-state index in [1.165, 1.54) is 13.2 Å². The summed E-state index contributed by atoms with van der Waals surface area (Å²) in [6, 6.07) is 3.15. The Labute approximate surface area is 160 Å². The summed E-state index contributed by atoms with van der Waals surface area (Å²) in [5.41, 5.74) is -1.15. The molecule has 1 saturated carbocycles. The van der Waals surface area contributed by atoms with Crippen LogP contribution in [0.2, 0.25) is 0 Å². The fourth-order valence-corrected chi connectivity index (χ4v) is 3.30. The highest BCUT2D eigenvalue weighted by Gasteiger charge is 2.63. The van der Waals surface area contributed by atoms with Crippen molar-refractivity contribution in [2.45, 2.75) is 51.7 Å². The highest BCUT2D eigenvalue weighted by atomic mass is 19.4. The number of nitrogens with zero attached hydrogens (tertiary/aromatic N) is 3. The standard InChI is InChI=1S/C19H21F3N4O2/c1-17(2,3)26-12-8-11(23-4)9-13(28-5)15(12)25-16(26)24-14(27)10-18(6-7-18)19(20,21)22/h8-9H,6-7,10H2,1-3,5H3,(H,24,25,27). The number of amides is 1. The summed E-state index contributed by atoms with van der Waals surface area (Å²) in [7, 11) is 1.44. The molecule has 9 heteroatoms. The van der Waals surface area contributed by atoms with Gasteiger partial charge in [0.25, 0.3) is 0 Å². The summed E-state index contributed by atoms with van der Waals surface area (Å²) in [4.78, 5) is 20.2. The maximum Gasteiger partial charge on any atom is 0.395 e. The van der Waals surface area contributed by atoms with Crippen LogP contribution in [0.15, 0.2) is 12.1 Å². The Bertz CT molecular complexity index is 976. The predicted octanol–water partition coefficient (Wildman–Crippen LogP) is 5.02. The van der Waals surface area contributed by atoms with E-state index < -0.39 is 29.5 Å². The zero-order chi connectivity index (χ0) is 20.9. The molecule has 0 aliphatic heterocycles. The topological polar surface area (TPSA) is 60.5 Å². The Morgan fingerprint density at radius 3 is 2.46 bits per heavy atom. The van der Waals surface area contributed by atoms with E-state index in [4.69, 9.17) is 11.3 Å². The number of halogens is 3. The molecular formula is C19H21F3N4O2. The average Bonchev–Trinajstić information content (AvgIpc) is 3.26. The molecular weight excluding hydrogens is 373 g/mol. The van der Waals surface area contributed by atoms with Crippen LogP contribution >= 0.6 is 0 Å². The normalized spacial score (nSPS) is 15.9. The molecule has 1 aliphatic rings. The van der Waals surface area contributed by atoms with Gasteiger partial charge in [-0.25, -0.2) is 9.83 Å². The maximum atomic E-state index is 13.2. The number of methoxy groups -OCH3 is 1. The molecule has 0 bridgehead atoms. The van der Waals surface area contributed by atoms with Gasteiger partial charge in [-0.1, -0.05) is 0 Å². The smallest absolute Gasteiger partial charge is 0.395 e. The Hall–Kier alpha value is -2.76. The number of anilines is 1. The summed E-state index contributed by atoms with van der Waals surface area (Å²) >= 11 is 0. The molecule has 1 fully saturated rings. The number of rotatable bonds is 4. The number of alkyl halides is 3. The van der Waals surface area contributed by atoms with Crippen molar-refractivity contribution in [3.63, 3.8) is 0 Å². The van der Waals surface area contributed by atoms with Crippen molar-refractivity contribution in [3.8, 4) is 5.75 Å². The van der Waals surface area contributed by atoms with Crippen molar-refractivity contribution < 1.29 is 22.7 Å². The molecule has 1 N–H and O–H groups in total. The highest BCUT2D eigenvalue weighted by molar-refractivity contribution is 5.94. The molecule has 150 valence electrons. The first-order valence-electron chi connectivity index (χ1n) is 8.77. The zero-order valence-corrected chi connectivity index (χ0v) is 16.1. The van der Waals surface area contributed by atoms with E-state index in [9.17, 15) is 18.0 Å². The van der Waals surface area contributed by atoms with Gasteiger partial charge in [0, 0.05) is 12.0 Å². The molecule has 1 aliphatic carbocycles. The second-order valence-corrected chi connectivity index (χ2v) is 8.07. The van der Waals surface area contributed by atoms with Gasteiger partial charge in [-0.05, 0) is 45.7 Å². The number of fused-ring (bicyclic) bond motifs is 1. The molecule has 6 nitrogen and oxygen atoms in total. The number of imidazole rings is 1. The number of aromatic nitrogens is 2. The third-order valence-electron chi connectivity index (χ3n) is 4.93. The van der Waals surface area contributed by atoms with Crippen molar-refractivity contribution in [2.24, 2.45) is 5.41 Å². The summed E-state index contributed by atoms with van der Waals surface area (Å²) in [5, 5.41) is 2.54. The predicted molar refractivity (Wildman–Crippen MR) is 98.5 cm³/mol. The first kappa shape index (κ1) is 20.0. The van der Waals surface area contributed by atoms with Crippen LogP contribution in [0.1, 0.15) is 40.0 Å². The molecule has 3 rings (SSSR count). The SMILES string of the molecule is [C-]#[N+]c1cc(OC)c2nc(NC(=O)CC3(C(F)(F)F)CC3)n(C(C)(C)C)c2c1. The first-order valence-corrected chi connectivity index (χ1v) is 8.77. The number of hydrogen-bond donors (Lipinski definition) is 1. The molecule has 0 unspecified atom stereocenters. The van der Waals surface area contributed by atoms with Crippen molar-refractivity contribution in [3.05, 3.63) is 23.5 Å². The number of carbonyl (C=O) groups excluding carboxylic acids is 1. The lowest BCUT2D eigenvalue weighted by Crippen LogP contribution is -2.31. The number of hydrogen-bond acceptors (Lipinski definition) is 3. The Morgan fingerprint density at radius 2 is 2.00 bits per heavy atom. The first-order chi connectivity index (χ1) is 12.9. The highest BCUT2D eigenvalue weighted by Crippen LogP contribution is 2.60. The Morgan fingerprint density at radius 1 is 1.36 bits per heavy atom. The lowest BCUT2D eigenvalue weighted by atomic mass is 10.0. The molecule has 1 aromatic carbocycles. The Balaban J connectivity index is 2.03. The fraction of sp³-hybridized carbons (Fsp3) is 0.526. The van der Waals surface area contributed by atoms with Crippen molar-refractivity contribution in [1.82, 2.24) is 9.55 Å². The van der Waals surface area contributed by atoms with Crippen molar-refractivity contribution in [1.29, 1.82) is 0 Å². The van der Waals surface area contributed by atoms with E-state index in [0.717, 1.165) is 0 Å². The van der Waals surface area contributed by atoms with E-state index in [1.54, 1.807) is 10.6 Å². The zero-order valence-electron chi connectivity index (χ0n) is 16.1. The summed E-state index contributed by atoms with van der Waals surface area (Å²) < 4.78 is 46.5. The quantitative estimate of drug-likeness (QED) is 0.741. The van der Waals surface area contributed by atoms with Gasteiger partial charge in [0.15, 0.2) is 5.69 Å². The van der Waals surface area contributed by atoms with Gasteiger partial charge in [0.1, 0.15) is 11.3 Å². The molecule has 28 heavy (non-hydrogen) atoms. The van der Waals surface area contributed by atoms with Gasteiger partial charge in [-0.2, -0.15) is 13.2 Å². The number of benzene rings is 1. The van der Waals surface area contributed by atoms with Crippen LogP contribution in [0.4, 0.5) is 24.8 Å². The minimum absolute atomic E-state index is 0.0399. The lowest BCUT2D eigenvalue weighted by Gasteiger charge is -2.25. The third kappa shape index (κ3) is 3.39. The van der Waals surface area contributed by atoms with Crippen LogP contribution in [0, 0.1) is 12.0 Å². The summed E-state index contributed by atoms with van der Waals surface area (Å²) in [6.45, 7) is 12.9. The van der Waals surface area contributed by atoms with Crippen LogP contribution < -0.4 is 10.1 Å². The van der Waals surface area contributed by atoms with Crippen LogP contribution in [-0.4, -0.2) is 28.7 Å². The summed E-state index contributed by atoms with van der Waals surface area (Å²) in [6.07, 6.45) is -5.11. The largest absolute Gasteiger partial charge is 0.496 e. The molecule has 1 amide bonds. The third-order valence-corrected chi connectivity index (χ3v) is 4.93. The molecule has 1 heterocycles. The average molecular weight is 394 g/mol. The van der Waals surface area contributed by atoms with E-state index >= 15 is 0 Å². The van der Waals surface area contributed by atoms with Crippen molar-refractivity contribution in [2.75, 3.05) is 12.4 Å². The van der Waals surface area contributed by atoms with Crippen LogP contribution in [0.25, 0.3) is 15.9 Å². The van der Waals surface area contributed by atoms with Gasteiger partial charge in [0.2, 0.25) is 11.9 Å². The second kappa shape index (κ2) is 6.40. The monoisotopic (exact) mass is 394 g/mol. The van der Waals surface area contributed by atoms with Gasteiger partial charge < -0.3 is 9.30 Å². The fourth-order valence-electron chi connectivity index (χ4n) is 3.30. The minimum atomic E-state index is -4.40. The molecule has 1 aromatic heterocycles. The van der Waals surface area contributed by atoms with Gasteiger partial charge in [0.05, 0.1) is 24.6 Å². The lowest BCUT2D eigenvalue weighted by molar-refractivity contribution is -0.189. The number of ether oxygens (including phenoxy) is 1. The van der Waals surface area contributed by atoms with E-state index in [-0.39, 0.29) is 18.8 Å². The summed E-state index contributed by atoms with van der Waals surface area (Å²) in [5.74, 6) is -0.248. The van der Waals surface area contributed by atoms with E-state index in [2.05, 4.69) is 15.1 Å². The Kier molecular flexibility index (Phi) is 4.57. The van der Waals surface area contributed by atoms with Crippen LogP contribution in [-0.2, 0) is 10.3 Å².